The Kier molecular flexibility index (Phi) is 7.04. The van der Waals surface area contributed by atoms with Crippen LogP contribution in [0.1, 0.15) is 18.4 Å². The SMILES string of the molecule is O=C(NCc1ccccc1Br)C1CCN(S(=O)(=O)c2cc(Cl)cc(Cl)c2)CC1. The van der Waals surface area contributed by atoms with E-state index in [4.69, 9.17) is 23.2 Å². The van der Waals surface area contributed by atoms with Gasteiger partial charge >= 0.3 is 0 Å². The van der Waals surface area contributed by atoms with Crippen LogP contribution in [0.5, 0.6) is 0 Å². The first kappa shape index (κ1) is 21.6. The Labute approximate surface area is 183 Å². The normalized spacial score (nSPS) is 16.1. The highest BCUT2D eigenvalue weighted by atomic mass is 79.9. The van der Waals surface area contributed by atoms with Crippen LogP contribution in [0.25, 0.3) is 0 Å². The molecule has 0 aromatic heterocycles. The smallest absolute Gasteiger partial charge is 0.243 e. The fraction of sp³-hybridized carbons (Fsp3) is 0.316. The summed E-state index contributed by atoms with van der Waals surface area (Å²) in [6, 6.07) is 12.0. The van der Waals surface area contributed by atoms with Crippen LogP contribution >= 0.6 is 39.1 Å². The number of nitrogens with one attached hydrogen (secondary N) is 1. The van der Waals surface area contributed by atoms with Crippen LogP contribution < -0.4 is 5.32 Å². The van der Waals surface area contributed by atoms with Crippen molar-refractivity contribution in [3.8, 4) is 0 Å². The second-order valence-corrected chi connectivity index (χ2v) is 10.3. The number of benzene rings is 2. The number of hydrogen-bond donors (Lipinski definition) is 1. The Morgan fingerprint density at radius 3 is 2.32 bits per heavy atom. The predicted molar refractivity (Wildman–Crippen MR) is 114 cm³/mol. The van der Waals surface area contributed by atoms with E-state index in [9.17, 15) is 13.2 Å². The number of carbonyl (C=O) groups excluding carboxylic acids is 1. The number of nitrogens with zero attached hydrogens (tertiary/aromatic N) is 1. The molecule has 5 nitrogen and oxygen atoms in total. The van der Waals surface area contributed by atoms with Crippen molar-refractivity contribution in [2.75, 3.05) is 13.1 Å². The molecule has 3 rings (SSSR count). The second-order valence-electron chi connectivity index (χ2n) is 6.59. The average molecular weight is 506 g/mol. The van der Waals surface area contributed by atoms with Crippen LogP contribution in [0.15, 0.2) is 51.8 Å². The maximum absolute atomic E-state index is 12.8. The van der Waals surface area contributed by atoms with Crippen LogP contribution in [0.2, 0.25) is 10.0 Å². The molecule has 28 heavy (non-hydrogen) atoms. The largest absolute Gasteiger partial charge is 0.352 e. The van der Waals surface area contributed by atoms with E-state index in [1.165, 1.54) is 22.5 Å². The Bertz CT molecular complexity index is 957. The lowest BCUT2D eigenvalue weighted by Crippen LogP contribution is -2.42. The number of amides is 1. The van der Waals surface area contributed by atoms with Gasteiger partial charge in [0.15, 0.2) is 0 Å². The lowest BCUT2D eigenvalue weighted by molar-refractivity contribution is -0.126. The van der Waals surface area contributed by atoms with Crippen molar-refractivity contribution in [3.05, 3.63) is 62.5 Å². The summed E-state index contributed by atoms with van der Waals surface area (Å²) in [5.41, 5.74) is 0.994. The van der Waals surface area contributed by atoms with Crippen molar-refractivity contribution in [1.82, 2.24) is 9.62 Å². The minimum Gasteiger partial charge on any atom is -0.352 e. The lowest BCUT2D eigenvalue weighted by Gasteiger charge is -2.30. The zero-order chi connectivity index (χ0) is 20.3. The minimum atomic E-state index is -3.69. The van der Waals surface area contributed by atoms with E-state index >= 15 is 0 Å². The molecule has 150 valence electrons. The summed E-state index contributed by atoms with van der Waals surface area (Å²) < 4.78 is 28.0. The number of piperidine rings is 1. The predicted octanol–water partition coefficient (Wildman–Crippen LogP) is 4.47. The number of sulfonamides is 1. The molecule has 0 radical (unpaired) electrons. The Balaban J connectivity index is 1.59. The summed E-state index contributed by atoms with van der Waals surface area (Å²) in [4.78, 5) is 12.5. The first-order valence-electron chi connectivity index (χ1n) is 8.75. The molecule has 1 aliphatic rings. The van der Waals surface area contributed by atoms with Crippen molar-refractivity contribution < 1.29 is 13.2 Å². The first-order chi connectivity index (χ1) is 13.3. The highest BCUT2D eigenvalue weighted by Gasteiger charge is 2.32. The molecule has 1 aliphatic heterocycles. The molecule has 1 amide bonds. The van der Waals surface area contributed by atoms with E-state index in [-0.39, 0.29) is 39.9 Å². The van der Waals surface area contributed by atoms with Gasteiger partial charge < -0.3 is 5.32 Å². The van der Waals surface area contributed by atoms with Gasteiger partial charge in [-0.15, -0.1) is 0 Å². The van der Waals surface area contributed by atoms with Crippen LogP contribution in [0.4, 0.5) is 0 Å². The van der Waals surface area contributed by atoms with E-state index in [0.717, 1.165) is 10.0 Å². The van der Waals surface area contributed by atoms with Gasteiger partial charge in [0.1, 0.15) is 0 Å². The molecule has 2 aromatic rings. The summed E-state index contributed by atoms with van der Waals surface area (Å²) in [5.74, 6) is -0.268. The van der Waals surface area contributed by atoms with E-state index in [1.54, 1.807) is 0 Å². The third-order valence-electron chi connectivity index (χ3n) is 4.71. The van der Waals surface area contributed by atoms with Gasteiger partial charge in [-0.3, -0.25) is 4.79 Å². The van der Waals surface area contributed by atoms with Gasteiger partial charge in [-0.1, -0.05) is 57.3 Å². The van der Waals surface area contributed by atoms with Gasteiger partial charge in [0.25, 0.3) is 0 Å². The molecule has 0 aliphatic carbocycles. The van der Waals surface area contributed by atoms with Gasteiger partial charge in [0.2, 0.25) is 15.9 Å². The van der Waals surface area contributed by atoms with Crippen LogP contribution in [0.3, 0.4) is 0 Å². The quantitative estimate of drug-likeness (QED) is 0.651. The molecule has 0 saturated carbocycles. The molecule has 1 N–H and O–H groups in total. The number of carbonyl (C=O) groups is 1. The molecule has 9 heteroatoms. The van der Waals surface area contributed by atoms with Crippen molar-refractivity contribution in [2.45, 2.75) is 24.3 Å². The summed E-state index contributed by atoms with van der Waals surface area (Å²) in [5, 5.41) is 3.48. The molecule has 1 saturated heterocycles. The van der Waals surface area contributed by atoms with E-state index in [2.05, 4.69) is 21.2 Å². The number of hydrogen-bond acceptors (Lipinski definition) is 3. The Morgan fingerprint density at radius 1 is 1.11 bits per heavy atom. The van der Waals surface area contributed by atoms with Crippen molar-refractivity contribution in [1.29, 1.82) is 0 Å². The van der Waals surface area contributed by atoms with Crippen molar-refractivity contribution >= 4 is 55.1 Å². The molecule has 0 bridgehead atoms. The van der Waals surface area contributed by atoms with Gasteiger partial charge in [-0.25, -0.2) is 8.42 Å². The average Bonchev–Trinajstić information content (AvgIpc) is 2.66. The molecule has 0 unspecified atom stereocenters. The summed E-state index contributed by atoms with van der Waals surface area (Å²) in [6.07, 6.45) is 0.935. The fourth-order valence-corrected chi connectivity index (χ4v) is 5.78. The highest BCUT2D eigenvalue weighted by Crippen LogP contribution is 2.28. The Morgan fingerprint density at radius 2 is 1.71 bits per heavy atom. The maximum atomic E-state index is 12.8. The summed E-state index contributed by atoms with van der Waals surface area (Å²) >= 11 is 15.3. The van der Waals surface area contributed by atoms with Crippen LogP contribution in [-0.4, -0.2) is 31.7 Å². The van der Waals surface area contributed by atoms with Gasteiger partial charge in [-0.2, -0.15) is 4.31 Å². The summed E-state index contributed by atoms with van der Waals surface area (Å²) in [7, 11) is -3.69. The molecule has 0 spiro atoms. The molecule has 2 aromatic carbocycles. The van der Waals surface area contributed by atoms with Crippen LogP contribution in [-0.2, 0) is 21.4 Å². The highest BCUT2D eigenvalue weighted by molar-refractivity contribution is 9.10. The minimum absolute atomic E-state index is 0.0569. The van der Waals surface area contributed by atoms with E-state index in [1.807, 2.05) is 24.3 Å². The molecule has 1 heterocycles. The maximum Gasteiger partial charge on any atom is 0.243 e. The molecular formula is C19H19BrCl2N2O3S. The molecule has 0 atom stereocenters. The van der Waals surface area contributed by atoms with E-state index < -0.39 is 10.0 Å². The zero-order valence-electron chi connectivity index (χ0n) is 14.9. The topological polar surface area (TPSA) is 66.5 Å². The van der Waals surface area contributed by atoms with Crippen molar-refractivity contribution in [2.24, 2.45) is 5.92 Å². The lowest BCUT2D eigenvalue weighted by atomic mass is 9.97. The van der Waals surface area contributed by atoms with Crippen LogP contribution in [0, 0.1) is 5.92 Å². The standard InChI is InChI=1S/C19H19BrCl2N2O3S/c20-18-4-2-1-3-14(18)12-23-19(25)13-5-7-24(8-6-13)28(26,27)17-10-15(21)9-16(22)11-17/h1-4,9-11,13H,5-8,12H2,(H,23,25). The Hall–Kier alpha value is -1.12. The van der Waals surface area contributed by atoms with Gasteiger partial charge in [0, 0.05) is 40.1 Å². The van der Waals surface area contributed by atoms with Crippen molar-refractivity contribution in [3.63, 3.8) is 0 Å². The number of rotatable bonds is 5. The number of halogens is 3. The third-order valence-corrected chi connectivity index (χ3v) is 7.80. The second kappa shape index (κ2) is 9.13. The fourth-order valence-electron chi connectivity index (χ4n) is 3.15. The van der Waals surface area contributed by atoms with E-state index in [0.29, 0.717) is 19.4 Å². The summed E-state index contributed by atoms with van der Waals surface area (Å²) in [6.45, 7) is 0.985. The van der Waals surface area contributed by atoms with Gasteiger partial charge in [0.05, 0.1) is 4.90 Å². The monoisotopic (exact) mass is 504 g/mol. The molecular weight excluding hydrogens is 487 g/mol. The zero-order valence-corrected chi connectivity index (χ0v) is 18.8. The third kappa shape index (κ3) is 5.07. The molecule has 1 fully saturated rings. The first-order valence-corrected chi connectivity index (χ1v) is 11.7. The van der Waals surface area contributed by atoms with Gasteiger partial charge in [-0.05, 0) is 42.7 Å².